The van der Waals surface area contributed by atoms with Crippen molar-refractivity contribution in [3.63, 3.8) is 0 Å². The zero-order chi connectivity index (χ0) is 42.6. The Hall–Kier alpha value is -6.14. The largest absolute Gasteiger partial charge is 0.455 e. The van der Waals surface area contributed by atoms with Gasteiger partial charge in [-0.15, -0.1) is 16.4 Å². The minimum atomic E-state index is 0.609. The lowest BCUT2D eigenvalue weighted by Crippen LogP contribution is -2.55. The second kappa shape index (κ2) is 14.5. The number of hydrogen-bond acceptors (Lipinski definition) is 4. The summed E-state index contributed by atoms with van der Waals surface area (Å²) in [4.78, 5) is 15.5. The van der Waals surface area contributed by atoms with Crippen molar-refractivity contribution in [3.8, 4) is 51.0 Å². The number of furan rings is 1. The predicted octanol–water partition coefficient (Wildman–Crippen LogP) is -7.62. The van der Waals surface area contributed by atoms with Crippen molar-refractivity contribution in [1.29, 1.82) is 0 Å². The molecule has 3 heterocycles. The smallest absolute Gasteiger partial charge is 0.164 e. The van der Waals surface area contributed by atoms with Crippen LogP contribution >= 0.6 is 0 Å². The lowest BCUT2D eigenvalue weighted by Gasteiger charge is -2.20. The molecule has 0 amide bonds. The lowest BCUT2D eigenvalue weighted by molar-refractivity contribution is 0.670. The van der Waals surface area contributed by atoms with Crippen LogP contribution in [0.25, 0.3) is 94.7 Å². The van der Waals surface area contributed by atoms with Crippen molar-refractivity contribution < 1.29 is 4.42 Å². The summed E-state index contributed by atoms with van der Waals surface area (Å²) < 4.78 is 9.51. The summed E-state index contributed by atoms with van der Waals surface area (Å²) in [5, 5.41) is 4.79. The van der Waals surface area contributed by atoms with Crippen LogP contribution in [0.2, 0.25) is 0 Å². The van der Waals surface area contributed by atoms with Crippen LogP contribution in [0.15, 0.2) is 108 Å². The van der Waals surface area contributed by atoms with Gasteiger partial charge in [0, 0.05) is 49.7 Å². The summed E-state index contributed by atoms with van der Waals surface area (Å²) in [7, 11) is 24.5. The van der Waals surface area contributed by atoms with Crippen molar-refractivity contribution in [1.82, 2.24) is 19.5 Å². The van der Waals surface area contributed by atoms with E-state index in [-0.39, 0.29) is 0 Å². The zero-order valence-corrected chi connectivity index (χ0v) is 37.0. The molecule has 0 saturated carbocycles. The Labute approximate surface area is 366 Å². The molecule has 10 aromatic rings. The van der Waals surface area contributed by atoms with Crippen molar-refractivity contribution >= 4 is 190 Å². The molecule has 0 N–H and O–H groups in total. The first-order valence-corrected chi connectivity index (χ1v) is 21.3. The summed E-state index contributed by atoms with van der Waals surface area (Å²) in [6.45, 7) is 0. The Balaban J connectivity index is 1.25. The van der Waals surface area contributed by atoms with E-state index in [1.54, 1.807) is 0 Å². The quantitative estimate of drug-likeness (QED) is 0.164. The molecule has 0 aliphatic rings. The molecular formula is C45H39B11N4O. The fraction of sp³-hybridized carbons (Fsp3) is 0. The standard InChI is InChI=1S/C45H39B11N4O/c46-25-16-27(48)40-30(33(25)50)31-34(51)26(47)17-28(49)41(31)60(40)21-14-23(18-7-3-1-4-8-18)42-24(15-21)22-12-11-20(13-29(22)61-42)44-57-43(19-9-5-2-6-10-19)58-45(59-44)32-35(52)37(54)39(56)38(55)36(32)53/h1-17H,46-56H2. The number of rotatable bonds is 5. The molecule has 3 aromatic heterocycles. The Kier molecular flexibility index (Phi) is 9.28. The highest BCUT2D eigenvalue weighted by Crippen LogP contribution is 2.40. The third-order valence-electron chi connectivity index (χ3n) is 13.8. The highest BCUT2D eigenvalue weighted by atomic mass is 16.3. The summed E-state index contributed by atoms with van der Waals surface area (Å²) in [6, 6.07) is 36.6. The highest BCUT2D eigenvalue weighted by Gasteiger charge is 2.24. The minimum absolute atomic E-state index is 0.609. The molecule has 0 aliphatic heterocycles. The monoisotopic (exact) mass is 772 g/mol. The fourth-order valence-corrected chi connectivity index (χ4v) is 9.84. The molecule has 0 radical (unpaired) electrons. The Morgan fingerprint density at radius 1 is 0.410 bits per heavy atom. The maximum atomic E-state index is 7.00. The maximum Gasteiger partial charge on any atom is 0.164 e. The summed E-state index contributed by atoms with van der Waals surface area (Å²) in [5.41, 5.74) is 24.3. The Morgan fingerprint density at radius 2 is 0.918 bits per heavy atom. The number of fused-ring (bicyclic) bond motifs is 6. The molecule has 0 spiro atoms. The molecule has 0 saturated heterocycles. The van der Waals surface area contributed by atoms with E-state index in [1.807, 2.05) is 18.2 Å². The number of nitrogens with zero attached hydrogens (tertiary/aromatic N) is 4. The maximum absolute atomic E-state index is 7.00. The second-order valence-corrected chi connectivity index (χ2v) is 17.3. The van der Waals surface area contributed by atoms with Crippen molar-refractivity contribution in [2.75, 3.05) is 0 Å². The van der Waals surface area contributed by atoms with E-state index in [0.717, 1.165) is 55.4 Å². The van der Waals surface area contributed by atoms with Gasteiger partial charge in [0.2, 0.25) is 0 Å². The molecule has 0 unspecified atom stereocenters. The van der Waals surface area contributed by atoms with Gasteiger partial charge in [-0.2, -0.15) is 0 Å². The van der Waals surface area contributed by atoms with Gasteiger partial charge in [0.15, 0.2) is 17.5 Å². The van der Waals surface area contributed by atoms with Crippen LogP contribution < -0.4 is 60.1 Å². The summed E-state index contributed by atoms with van der Waals surface area (Å²) in [5.74, 6) is 1.93. The molecule has 278 valence electrons. The number of aromatic nitrogens is 4. The molecule has 0 bridgehead atoms. The summed E-state index contributed by atoms with van der Waals surface area (Å²) in [6.07, 6.45) is 0. The van der Waals surface area contributed by atoms with Gasteiger partial charge in [0.1, 0.15) is 97.5 Å². The SMILES string of the molecule is Bc1cc(B)c2c(c1B)c1c(B)c(B)cc(B)c1n2-c1cc(-c2ccccc2)c2oc3cc(-c4nc(-c5ccccc5)nc(-c5c(B)c(B)c(B)c(B)c5B)n4)ccc3c2c1. The van der Waals surface area contributed by atoms with E-state index in [0.29, 0.717) is 17.5 Å². The Bertz CT molecular complexity index is 3400. The molecule has 0 aliphatic carbocycles. The van der Waals surface area contributed by atoms with Gasteiger partial charge in [-0.05, 0) is 40.6 Å². The topological polar surface area (TPSA) is 56.7 Å². The van der Waals surface area contributed by atoms with Gasteiger partial charge in [-0.1, -0.05) is 123 Å². The first kappa shape index (κ1) is 39.0. The average Bonchev–Trinajstić information content (AvgIpc) is 3.83. The van der Waals surface area contributed by atoms with Crippen LogP contribution in [0.4, 0.5) is 0 Å². The normalized spacial score (nSPS) is 11.7. The van der Waals surface area contributed by atoms with Gasteiger partial charge in [-0.25, -0.2) is 15.0 Å². The van der Waals surface area contributed by atoms with Crippen molar-refractivity contribution in [3.05, 3.63) is 103 Å². The third kappa shape index (κ3) is 6.04. The Morgan fingerprint density at radius 3 is 1.49 bits per heavy atom. The lowest BCUT2D eigenvalue weighted by atomic mass is 9.60. The van der Waals surface area contributed by atoms with Gasteiger partial charge in [0.25, 0.3) is 0 Å². The van der Waals surface area contributed by atoms with E-state index in [1.165, 1.54) is 81.9 Å². The molecule has 10 rings (SSSR count). The van der Waals surface area contributed by atoms with Gasteiger partial charge < -0.3 is 8.98 Å². The van der Waals surface area contributed by atoms with Crippen molar-refractivity contribution in [2.45, 2.75) is 0 Å². The summed E-state index contributed by atoms with van der Waals surface area (Å²) >= 11 is 0. The van der Waals surface area contributed by atoms with Crippen LogP contribution in [0.1, 0.15) is 0 Å². The third-order valence-corrected chi connectivity index (χ3v) is 13.8. The molecule has 16 heteroatoms. The molecule has 0 fully saturated rings. The molecule has 0 atom stereocenters. The van der Waals surface area contributed by atoms with Crippen LogP contribution in [-0.4, -0.2) is 106 Å². The molecule has 61 heavy (non-hydrogen) atoms. The van der Waals surface area contributed by atoms with Crippen LogP contribution in [0.5, 0.6) is 0 Å². The minimum Gasteiger partial charge on any atom is -0.455 e. The molecule has 5 nitrogen and oxygen atoms in total. The van der Waals surface area contributed by atoms with Gasteiger partial charge in [-0.3, -0.25) is 0 Å². The van der Waals surface area contributed by atoms with Gasteiger partial charge in [0.05, 0.1) is 0 Å². The van der Waals surface area contributed by atoms with Crippen LogP contribution in [-0.2, 0) is 0 Å². The van der Waals surface area contributed by atoms with E-state index < -0.39 is 0 Å². The van der Waals surface area contributed by atoms with Gasteiger partial charge >= 0.3 is 0 Å². The number of hydrogen-bond donors (Lipinski definition) is 0. The van der Waals surface area contributed by atoms with E-state index in [9.17, 15) is 0 Å². The fourth-order valence-electron chi connectivity index (χ4n) is 9.84. The predicted molar refractivity (Wildman–Crippen MR) is 293 cm³/mol. The first-order chi connectivity index (χ1) is 29.3. The van der Waals surface area contributed by atoms with Crippen molar-refractivity contribution in [2.24, 2.45) is 0 Å². The van der Waals surface area contributed by atoms with E-state index >= 15 is 0 Å². The van der Waals surface area contributed by atoms with E-state index in [4.69, 9.17) is 19.4 Å². The van der Waals surface area contributed by atoms with E-state index in [2.05, 4.69) is 176 Å². The average molecular weight is 771 g/mol. The van der Waals surface area contributed by atoms with Crippen LogP contribution in [0.3, 0.4) is 0 Å². The molecule has 7 aromatic carbocycles. The molecular weight excluding hydrogens is 731 g/mol. The number of benzene rings is 7. The highest BCUT2D eigenvalue weighted by molar-refractivity contribution is 6.69. The zero-order valence-electron chi connectivity index (χ0n) is 37.0. The van der Waals surface area contributed by atoms with Crippen LogP contribution in [0, 0.1) is 0 Å². The second-order valence-electron chi connectivity index (χ2n) is 17.3. The first-order valence-electron chi connectivity index (χ1n) is 21.3.